The Morgan fingerprint density at radius 2 is 2.00 bits per heavy atom. The van der Waals surface area contributed by atoms with Crippen molar-refractivity contribution in [3.63, 3.8) is 0 Å². The summed E-state index contributed by atoms with van der Waals surface area (Å²) in [6.07, 6.45) is 5.86. The Kier molecular flexibility index (Phi) is 4.79. The van der Waals surface area contributed by atoms with Gasteiger partial charge in [-0.15, -0.1) is 0 Å². The normalized spacial score (nSPS) is 18.8. The highest BCUT2D eigenvalue weighted by Gasteiger charge is 2.27. The van der Waals surface area contributed by atoms with Crippen LogP contribution >= 0.6 is 0 Å². The third kappa shape index (κ3) is 3.53. The molecule has 2 saturated heterocycles. The number of hydrogen-bond acceptors (Lipinski definition) is 4. The van der Waals surface area contributed by atoms with Crippen LogP contribution in [0.5, 0.6) is 0 Å². The number of likely N-dealkylation sites (N-methyl/N-ethyl adjacent to an activating group) is 1. The molecule has 1 aromatic heterocycles. The third-order valence-electron chi connectivity index (χ3n) is 5.33. The summed E-state index contributed by atoms with van der Waals surface area (Å²) in [5, 5.41) is 3.58. The zero-order chi connectivity index (χ0) is 17.9. The van der Waals surface area contributed by atoms with Gasteiger partial charge >= 0.3 is 6.03 Å². The molecule has 26 heavy (non-hydrogen) atoms. The van der Waals surface area contributed by atoms with E-state index >= 15 is 0 Å². The fraction of sp³-hybridized carbons (Fsp3) is 0.474. The first-order chi connectivity index (χ1) is 12.7. The van der Waals surface area contributed by atoms with Crippen LogP contribution in [0, 0.1) is 0 Å². The molecule has 0 radical (unpaired) electrons. The van der Waals surface area contributed by atoms with Gasteiger partial charge in [0.2, 0.25) is 0 Å². The number of urea groups is 1. The van der Waals surface area contributed by atoms with Crippen molar-refractivity contribution < 1.29 is 4.79 Å². The van der Waals surface area contributed by atoms with Crippen molar-refractivity contribution in [2.24, 2.45) is 0 Å². The SMILES string of the molecule is CN1CCN(c2cccc(N3CCC(NCc4ncc[nH]4)CC3)c2)C1=O. The minimum absolute atomic E-state index is 0.0861. The second kappa shape index (κ2) is 7.37. The number of amides is 2. The van der Waals surface area contributed by atoms with Crippen LogP contribution in [0.1, 0.15) is 18.7 Å². The van der Waals surface area contributed by atoms with E-state index in [1.165, 1.54) is 5.69 Å². The highest BCUT2D eigenvalue weighted by Crippen LogP contribution is 2.27. The molecule has 0 saturated carbocycles. The Hall–Kier alpha value is -2.54. The van der Waals surface area contributed by atoms with Crippen LogP contribution in [-0.2, 0) is 6.54 Å². The average Bonchev–Trinajstić information content (AvgIpc) is 3.31. The van der Waals surface area contributed by atoms with Crippen molar-refractivity contribution >= 4 is 17.4 Å². The maximum absolute atomic E-state index is 12.2. The number of piperidine rings is 1. The summed E-state index contributed by atoms with van der Waals surface area (Å²) in [7, 11) is 1.85. The Balaban J connectivity index is 1.34. The molecular formula is C19H26N6O. The smallest absolute Gasteiger partial charge is 0.324 e. The lowest BCUT2D eigenvalue weighted by Crippen LogP contribution is -2.42. The lowest BCUT2D eigenvalue weighted by atomic mass is 10.0. The Morgan fingerprint density at radius 3 is 2.69 bits per heavy atom. The van der Waals surface area contributed by atoms with Crippen LogP contribution < -0.4 is 15.1 Å². The molecule has 2 aromatic rings. The van der Waals surface area contributed by atoms with E-state index in [4.69, 9.17) is 0 Å². The molecule has 3 heterocycles. The summed E-state index contributed by atoms with van der Waals surface area (Å²) in [5.74, 6) is 0.986. The summed E-state index contributed by atoms with van der Waals surface area (Å²) in [6.45, 7) is 4.38. The van der Waals surface area contributed by atoms with Crippen molar-refractivity contribution in [3.8, 4) is 0 Å². The van der Waals surface area contributed by atoms with E-state index in [1.807, 2.05) is 24.2 Å². The van der Waals surface area contributed by atoms with Crippen molar-refractivity contribution in [2.75, 3.05) is 43.0 Å². The van der Waals surface area contributed by atoms with Crippen LogP contribution in [0.25, 0.3) is 0 Å². The van der Waals surface area contributed by atoms with Crippen molar-refractivity contribution in [1.82, 2.24) is 20.2 Å². The van der Waals surface area contributed by atoms with E-state index in [2.05, 4.69) is 38.4 Å². The molecule has 2 N–H and O–H groups in total. The Bertz CT molecular complexity index is 738. The number of carbonyl (C=O) groups is 1. The fourth-order valence-electron chi connectivity index (χ4n) is 3.72. The number of rotatable bonds is 5. The second-order valence-corrected chi connectivity index (χ2v) is 7.05. The summed E-state index contributed by atoms with van der Waals surface area (Å²) in [5.41, 5.74) is 2.20. The van der Waals surface area contributed by atoms with Crippen LogP contribution in [0.4, 0.5) is 16.2 Å². The molecule has 0 bridgehead atoms. The first-order valence-corrected chi connectivity index (χ1v) is 9.30. The predicted molar refractivity (Wildman–Crippen MR) is 102 cm³/mol. The zero-order valence-corrected chi connectivity index (χ0v) is 15.2. The van der Waals surface area contributed by atoms with Gasteiger partial charge in [0.15, 0.2) is 0 Å². The van der Waals surface area contributed by atoms with E-state index in [0.717, 1.165) is 57.1 Å². The summed E-state index contributed by atoms with van der Waals surface area (Å²) in [6, 6.07) is 8.98. The first kappa shape index (κ1) is 16.9. The molecule has 0 aliphatic carbocycles. The van der Waals surface area contributed by atoms with Gasteiger partial charge in [-0.2, -0.15) is 0 Å². The molecule has 2 aliphatic rings. The average molecular weight is 354 g/mol. The molecule has 0 atom stereocenters. The van der Waals surface area contributed by atoms with Crippen molar-refractivity contribution in [2.45, 2.75) is 25.4 Å². The van der Waals surface area contributed by atoms with E-state index in [9.17, 15) is 4.79 Å². The van der Waals surface area contributed by atoms with Crippen molar-refractivity contribution in [1.29, 1.82) is 0 Å². The number of aromatic nitrogens is 2. The summed E-state index contributed by atoms with van der Waals surface area (Å²) < 4.78 is 0. The zero-order valence-electron chi connectivity index (χ0n) is 15.2. The number of nitrogens with zero attached hydrogens (tertiary/aromatic N) is 4. The molecule has 2 fully saturated rings. The Labute approximate surface area is 154 Å². The van der Waals surface area contributed by atoms with Crippen LogP contribution in [-0.4, -0.2) is 60.2 Å². The molecule has 7 heteroatoms. The standard InChI is InChI=1S/C19H26N6O/c1-23-11-12-25(19(23)26)17-4-2-3-16(13-17)24-9-5-15(6-10-24)22-14-18-20-7-8-21-18/h2-4,7-8,13,15,22H,5-6,9-12,14H2,1H3,(H,20,21). The van der Waals surface area contributed by atoms with Gasteiger partial charge < -0.3 is 20.1 Å². The molecule has 2 aliphatic heterocycles. The molecule has 4 rings (SSSR count). The molecule has 2 amide bonds. The van der Waals surface area contributed by atoms with E-state index < -0.39 is 0 Å². The van der Waals surface area contributed by atoms with Gasteiger partial charge in [0, 0.05) is 63.0 Å². The lowest BCUT2D eigenvalue weighted by molar-refractivity contribution is 0.229. The number of aromatic amines is 1. The summed E-state index contributed by atoms with van der Waals surface area (Å²) in [4.78, 5) is 25.7. The topological polar surface area (TPSA) is 67.5 Å². The number of imidazole rings is 1. The van der Waals surface area contributed by atoms with Crippen LogP contribution in [0.3, 0.4) is 0 Å². The number of anilines is 2. The minimum Gasteiger partial charge on any atom is -0.371 e. The highest BCUT2D eigenvalue weighted by molar-refractivity contribution is 5.94. The van der Waals surface area contributed by atoms with Gasteiger partial charge in [-0.05, 0) is 31.0 Å². The molecule has 138 valence electrons. The minimum atomic E-state index is 0.0861. The quantitative estimate of drug-likeness (QED) is 0.862. The summed E-state index contributed by atoms with van der Waals surface area (Å²) >= 11 is 0. The molecule has 7 nitrogen and oxygen atoms in total. The third-order valence-corrected chi connectivity index (χ3v) is 5.33. The number of benzene rings is 1. The van der Waals surface area contributed by atoms with Gasteiger partial charge in [-0.25, -0.2) is 9.78 Å². The van der Waals surface area contributed by atoms with E-state index in [0.29, 0.717) is 6.04 Å². The first-order valence-electron chi connectivity index (χ1n) is 9.30. The molecule has 0 spiro atoms. The maximum Gasteiger partial charge on any atom is 0.324 e. The lowest BCUT2D eigenvalue weighted by Gasteiger charge is -2.34. The van der Waals surface area contributed by atoms with Gasteiger partial charge in [-0.1, -0.05) is 6.07 Å². The predicted octanol–water partition coefficient (Wildman–Crippen LogP) is 2.04. The highest BCUT2D eigenvalue weighted by atomic mass is 16.2. The molecule has 0 unspecified atom stereocenters. The van der Waals surface area contributed by atoms with E-state index in [-0.39, 0.29) is 6.03 Å². The monoisotopic (exact) mass is 354 g/mol. The molecular weight excluding hydrogens is 328 g/mol. The van der Waals surface area contributed by atoms with Gasteiger partial charge in [0.25, 0.3) is 0 Å². The second-order valence-electron chi connectivity index (χ2n) is 7.05. The molecule has 1 aromatic carbocycles. The fourth-order valence-corrected chi connectivity index (χ4v) is 3.72. The van der Waals surface area contributed by atoms with Gasteiger partial charge in [-0.3, -0.25) is 4.90 Å². The van der Waals surface area contributed by atoms with Gasteiger partial charge in [0.05, 0.1) is 6.54 Å². The Morgan fingerprint density at radius 1 is 1.19 bits per heavy atom. The van der Waals surface area contributed by atoms with Crippen LogP contribution in [0.15, 0.2) is 36.7 Å². The largest absolute Gasteiger partial charge is 0.371 e. The van der Waals surface area contributed by atoms with E-state index in [1.54, 1.807) is 11.1 Å². The van der Waals surface area contributed by atoms with Crippen LogP contribution in [0.2, 0.25) is 0 Å². The van der Waals surface area contributed by atoms with Gasteiger partial charge in [0.1, 0.15) is 5.82 Å². The number of nitrogens with one attached hydrogen (secondary N) is 2. The number of hydrogen-bond donors (Lipinski definition) is 2. The maximum atomic E-state index is 12.2. The number of H-pyrrole nitrogens is 1. The number of carbonyl (C=O) groups excluding carboxylic acids is 1. The van der Waals surface area contributed by atoms with Crippen molar-refractivity contribution in [3.05, 3.63) is 42.5 Å².